The lowest BCUT2D eigenvalue weighted by atomic mass is 9.91. The molecule has 0 radical (unpaired) electrons. The van der Waals surface area contributed by atoms with Crippen LogP contribution in [0.4, 0.5) is 0 Å². The van der Waals surface area contributed by atoms with Crippen molar-refractivity contribution in [3.05, 3.63) is 12.2 Å². The van der Waals surface area contributed by atoms with E-state index in [9.17, 15) is 29.7 Å². The number of hydrogen-bond acceptors (Lipinski definition) is 4. The minimum atomic E-state index is -1.33. The maximum Gasteiger partial charge on any atom is 0.362 e. The average Bonchev–Trinajstić information content (AvgIpc) is 2.89. The Labute approximate surface area is 238 Å². The van der Waals surface area contributed by atoms with Crippen molar-refractivity contribution >= 4 is 17.9 Å². The second-order valence-corrected chi connectivity index (χ2v) is 11.2. The van der Waals surface area contributed by atoms with Gasteiger partial charge in [-0.05, 0) is 45.4 Å². The van der Waals surface area contributed by atoms with Gasteiger partial charge in [0.05, 0.1) is 12.5 Å². The molecule has 0 heterocycles. The molecule has 3 unspecified atom stereocenters. The molecule has 228 valence electrons. The fourth-order valence-corrected chi connectivity index (χ4v) is 6.22. The van der Waals surface area contributed by atoms with E-state index in [4.69, 9.17) is 0 Å². The first kappa shape index (κ1) is 37.1. The fourth-order valence-electron chi connectivity index (χ4n) is 6.22. The number of hydrogen-bond donors (Lipinski definition) is 2. The summed E-state index contributed by atoms with van der Waals surface area (Å²) in [5, 5.41) is 32.9. The van der Waals surface area contributed by atoms with Crippen LogP contribution in [0.1, 0.15) is 150 Å². The van der Waals surface area contributed by atoms with E-state index in [2.05, 4.69) is 19.1 Å². The summed E-state index contributed by atoms with van der Waals surface area (Å²) in [7, 11) is 0. The summed E-state index contributed by atoms with van der Waals surface area (Å²) in [5.74, 6) is -3.56. The van der Waals surface area contributed by atoms with Gasteiger partial charge in [-0.3, -0.25) is 4.48 Å². The van der Waals surface area contributed by atoms with Crippen molar-refractivity contribution in [2.45, 2.75) is 168 Å². The van der Waals surface area contributed by atoms with E-state index in [0.717, 1.165) is 19.3 Å². The second-order valence-electron chi connectivity index (χ2n) is 11.2. The molecule has 39 heavy (non-hydrogen) atoms. The van der Waals surface area contributed by atoms with E-state index in [1.54, 1.807) is 0 Å². The number of aliphatic carboxylic acids is 3. The molecule has 0 aromatic heterocycles. The summed E-state index contributed by atoms with van der Waals surface area (Å²) < 4.78 is -0.433. The summed E-state index contributed by atoms with van der Waals surface area (Å²) in [5.41, 5.74) is 0. The molecule has 0 amide bonds. The van der Waals surface area contributed by atoms with E-state index in [-0.39, 0.29) is 25.8 Å². The van der Waals surface area contributed by atoms with Gasteiger partial charge in [0.15, 0.2) is 12.1 Å². The topological polar surface area (TPSA) is 115 Å². The number of rotatable bonds is 27. The molecular formula is C32H59NO6. The van der Waals surface area contributed by atoms with Gasteiger partial charge in [-0.1, -0.05) is 97.1 Å². The third-order valence-corrected chi connectivity index (χ3v) is 8.17. The Bertz CT molecular complexity index is 632. The van der Waals surface area contributed by atoms with Gasteiger partial charge in [-0.2, -0.15) is 0 Å². The number of carboxylic acid groups (broad SMARTS) is 3. The van der Waals surface area contributed by atoms with Gasteiger partial charge < -0.3 is 20.1 Å². The third kappa shape index (κ3) is 13.8. The Hall–Kier alpha value is -1.89. The molecule has 7 nitrogen and oxygen atoms in total. The number of carbonyl (C=O) groups excluding carboxylic acids is 1. The molecule has 0 fully saturated rings. The van der Waals surface area contributed by atoms with E-state index in [0.29, 0.717) is 25.7 Å². The number of carbonyl (C=O) groups is 3. The standard InChI is InChI=1S/C32H59NO6/c1-5-9-10-11-12-13-14-15-16-17-18-19-20-21-22-26-33(27(23-6-2)30(34)35,28(24-7-3)31(36)37)29(25-8-4)32(38)39/h5,9,27-29H,6-8,10-26H2,1-4H3,(H2-,34,35,36,37,38,39)/b9-5+. The Morgan fingerprint density at radius 1 is 0.641 bits per heavy atom. The maximum absolute atomic E-state index is 12.5. The van der Waals surface area contributed by atoms with Crippen LogP contribution in [0, 0.1) is 0 Å². The van der Waals surface area contributed by atoms with Crippen LogP contribution in [-0.2, 0) is 14.4 Å². The van der Waals surface area contributed by atoms with Crippen molar-refractivity contribution in [3.8, 4) is 0 Å². The monoisotopic (exact) mass is 553 g/mol. The highest BCUT2D eigenvalue weighted by atomic mass is 16.4. The molecular weight excluding hydrogens is 494 g/mol. The first-order valence-corrected chi connectivity index (χ1v) is 15.9. The van der Waals surface area contributed by atoms with Crippen LogP contribution in [0.25, 0.3) is 0 Å². The highest BCUT2D eigenvalue weighted by Crippen LogP contribution is 2.34. The molecule has 3 atom stereocenters. The second kappa shape index (κ2) is 22.9. The van der Waals surface area contributed by atoms with Crippen LogP contribution < -0.4 is 5.11 Å². The zero-order chi connectivity index (χ0) is 29.5. The predicted octanol–water partition coefficient (Wildman–Crippen LogP) is 6.88. The van der Waals surface area contributed by atoms with Gasteiger partial charge in [0.25, 0.3) is 0 Å². The van der Waals surface area contributed by atoms with Gasteiger partial charge in [0, 0.05) is 19.3 Å². The molecule has 2 N–H and O–H groups in total. The summed E-state index contributed by atoms with van der Waals surface area (Å²) >= 11 is 0. The normalized spacial score (nSPS) is 15.6. The lowest BCUT2D eigenvalue weighted by molar-refractivity contribution is -0.975. The Kier molecular flexibility index (Phi) is 21.8. The van der Waals surface area contributed by atoms with E-state index in [1.807, 2.05) is 20.8 Å². The molecule has 0 rings (SSSR count). The molecule has 0 spiro atoms. The quantitative estimate of drug-likeness (QED) is 0.0651. The van der Waals surface area contributed by atoms with Crippen molar-refractivity contribution in [3.63, 3.8) is 0 Å². The summed E-state index contributed by atoms with van der Waals surface area (Å²) in [4.78, 5) is 37.5. The molecule has 0 aromatic rings. The Balaban J connectivity index is 5.17. The lowest BCUT2D eigenvalue weighted by Gasteiger charge is -2.52. The van der Waals surface area contributed by atoms with Crippen LogP contribution in [0.5, 0.6) is 0 Å². The highest BCUT2D eigenvalue weighted by Gasteiger charge is 2.54. The van der Waals surface area contributed by atoms with Crippen molar-refractivity contribution in [1.29, 1.82) is 0 Å². The van der Waals surface area contributed by atoms with Crippen molar-refractivity contribution in [1.82, 2.24) is 0 Å². The lowest BCUT2D eigenvalue weighted by Crippen LogP contribution is -2.74. The molecule has 0 saturated carbocycles. The molecule has 0 aliphatic heterocycles. The van der Waals surface area contributed by atoms with Crippen LogP contribution in [-0.4, -0.2) is 57.3 Å². The van der Waals surface area contributed by atoms with Crippen LogP contribution in [0.15, 0.2) is 12.2 Å². The Morgan fingerprint density at radius 2 is 1.00 bits per heavy atom. The molecule has 0 bridgehead atoms. The van der Waals surface area contributed by atoms with Gasteiger partial charge in [0.2, 0.25) is 0 Å². The average molecular weight is 554 g/mol. The smallest absolute Gasteiger partial charge is 0.362 e. The predicted molar refractivity (Wildman–Crippen MR) is 156 cm³/mol. The van der Waals surface area contributed by atoms with Gasteiger partial charge >= 0.3 is 11.9 Å². The Morgan fingerprint density at radius 3 is 1.33 bits per heavy atom. The largest absolute Gasteiger partial charge is 0.544 e. The molecule has 0 saturated heterocycles. The van der Waals surface area contributed by atoms with Crippen molar-refractivity contribution in [2.75, 3.05) is 6.54 Å². The number of quaternary nitrogens is 1. The molecule has 0 aliphatic carbocycles. The molecule has 7 heteroatoms. The van der Waals surface area contributed by atoms with E-state index in [1.165, 1.54) is 57.8 Å². The van der Waals surface area contributed by atoms with E-state index < -0.39 is 40.5 Å². The van der Waals surface area contributed by atoms with E-state index >= 15 is 0 Å². The molecule has 0 aromatic carbocycles. The van der Waals surface area contributed by atoms with Gasteiger partial charge in [-0.15, -0.1) is 0 Å². The van der Waals surface area contributed by atoms with Crippen LogP contribution in [0.3, 0.4) is 0 Å². The van der Waals surface area contributed by atoms with Crippen LogP contribution in [0.2, 0.25) is 0 Å². The minimum absolute atomic E-state index is 0.207. The maximum atomic E-state index is 12.5. The zero-order valence-corrected chi connectivity index (χ0v) is 25.5. The highest BCUT2D eigenvalue weighted by molar-refractivity contribution is 5.77. The van der Waals surface area contributed by atoms with Crippen LogP contribution >= 0.6 is 0 Å². The summed E-state index contributed by atoms with van der Waals surface area (Å²) in [6.07, 6.45) is 21.5. The van der Waals surface area contributed by atoms with Crippen molar-refractivity contribution < 1.29 is 34.2 Å². The SMILES string of the molecule is C/C=C/CCCCCCCCCCCCCC[N+](C(CCC)C(=O)[O-])(C(CCC)C(=O)O)C(CCC)C(=O)O. The first-order valence-electron chi connectivity index (χ1n) is 15.9. The third-order valence-electron chi connectivity index (χ3n) is 8.17. The molecule has 0 aliphatic rings. The number of unbranched alkanes of at least 4 members (excludes halogenated alkanes) is 12. The van der Waals surface area contributed by atoms with Gasteiger partial charge in [0.1, 0.15) is 6.04 Å². The number of allylic oxidation sites excluding steroid dienone is 2. The number of nitrogens with zero attached hydrogens (tertiary/aromatic N) is 1. The van der Waals surface area contributed by atoms with Crippen molar-refractivity contribution in [2.24, 2.45) is 0 Å². The fraction of sp³-hybridized carbons (Fsp3) is 0.844. The summed E-state index contributed by atoms with van der Waals surface area (Å²) in [6.45, 7) is 7.87. The number of carboxylic acids is 3. The minimum Gasteiger partial charge on any atom is -0.544 e. The zero-order valence-electron chi connectivity index (χ0n) is 25.5. The van der Waals surface area contributed by atoms with Gasteiger partial charge in [-0.25, -0.2) is 9.59 Å². The summed E-state index contributed by atoms with van der Waals surface area (Å²) in [6, 6.07) is -3.32. The first-order chi connectivity index (χ1) is 18.7.